The predicted molar refractivity (Wildman–Crippen MR) is 83.7 cm³/mol. The van der Waals surface area contributed by atoms with Crippen molar-refractivity contribution in [2.45, 2.75) is 19.3 Å². The van der Waals surface area contributed by atoms with Gasteiger partial charge in [0.1, 0.15) is 0 Å². The lowest BCUT2D eigenvalue weighted by molar-refractivity contribution is -0.120. The predicted octanol–water partition coefficient (Wildman–Crippen LogP) is 3.06. The summed E-state index contributed by atoms with van der Waals surface area (Å²) in [5, 5.41) is 11.6. The van der Waals surface area contributed by atoms with Crippen molar-refractivity contribution in [3.63, 3.8) is 0 Å². The van der Waals surface area contributed by atoms with Crippen LogP contribution in [0.25, 0.3) is 0 Å². The molecule has 4 heteroatoms. The van der Waals surface area contributed by atoms with Crippen molar-refractivity contribution in [1.82, 2.24) is 0 Å². The van der Waals surface area contributed by atoms with Gasteiger partial charge in [0.05, 0.1) is 17.0 Å². The van der Waals surface area contributed by atoms with E-state index in [0.29, 0.717) is 16.9 Å². The first-order chi connectivity index (χ1) is 9.93. The molecule has 0 radical (unpaired) electrons. The van der Waals surface area contributed by atoms with E-state index in [0.717, 1.165) is 5.56 Å². The second kappa shape index (κ2) is 5.68. The van der Waals surface area contributed by atoms with Crippen LogP contribution in [0.15, 0.2) is 48.5 Å². The fraction of sp³-hybridized carbons (Fsp3) is 0.176. The van der Waals surface area contributed by atoms with Crippen molar-refractivity contribution >= 4 is 17.3 Å². The number of anilines is 2. The van der Waals surface area contributed by atoms with Gasteiger partial charge in [-0.3, -0.25) is 4.79 Å². The van der Waals surface area contributed by atoms with Gasteiger partial charge < -0.3 is 11.1 Å². The largest absolute Gasteiger partial charge is 0.399 e. The third-order valence-corrected chi connectivity index (χ3v) is 3.47. The maximum Gasteiger partial charge on any atom is 0.234 e. The van der Waals surface area contributed by atoms with E-state index in [2.05, 4.69) is 5.32 Å². The van der Waals surface area contributed by atoms with Gasteiger partial charge in [-0.15, -0.1) is 0 Å². The minimum atomic E-state index is -0.679. The summed E-state index contributed by atoms with van der Waals surface area (Å²) in [5.41, 5.74) is 7.78. The molecule has 21 heavy (non-hydrogen) atoms. The third kappa shape index (κ3) is 3.21. The Hall–Kier alpha value is -2.80. The molecule has 2 rings (SSSR count). The Bertz CT molecular complexity index is 679. The fourth-order valence-corrected chi connectivity index (χ4v) is 1.95. The van der Waals surface area contributed by atoms with Crippen molar-refractivity contribution < 1.29 is 4.79 Å². The maximum absolute atomic E-state index is 12.5. The number of hydrogen-bond donors (Lipinski definition) is 2. The number of nitrogen functional groups attached to an aromatic ring is 1. The van der Waals surface area contributed by atoms with Gasteiger partial charge in [0.2, 0.25) is 5.91 Å². The van der Waals surface area contributed by atoms with Gasteiger partial charge in [-0.05, 0) is 55.8 Å². The molecule has 4 nitrogen and oxygen atoms in total. The van der Waals surface area contributed by atoms with E-state index in [1.54, 1.807) is 36.4 Å². The highest BCUT2D eigenvalue weighted by Gasteiger charge is 2.29. The summed E-state index contributed by atoms with van der Waals surface area (Å²) in [5.74, 6) is -0.114. The van der Waals surface area contributed by atoms with Gasteiger partial charge in [0.25, 0.3) is 0 Å². The summed E-state index contributed by atoms with van der Waals surface area (Å²) in [6.07, 6.45) is 0. The summed E-state index contributed by atoms with van der Waals surface area (Å²) >= 11 is 0. The summed E-state index contributed by atoms with van der Waals surface area (Å²) in [6.45, 7) is 3.72. The highest BCUT2D eigenvalue weighted by molar-refractivity contribution is 5.98. The summed E-state index contributed by atoms with van der Waals surface area (Å²) < 4.78 is 0. The number of benzene rings is 2. The number of hydrogen-bond acceptors (Lipinski definition) is 3. The zero-order chi connectivity index (χ0) is 15.5. The Morgan fingerprint density at radius 2 is 1.67 bits per heavy atom. The smallest absolute Gasteiger partial charge is 0.234 e. The van der Waals surface area contributed by atoms with Crippen molar-refractivity contribution in [2.24, 2.45) is 0 Å². The molecule has 106 valence electrons. The molecule has 0 saturated carbocycles. The standard InChI is InChI=1S/C17H17N3O/c1-17(2,13-5-7-14(19)8-6-13)16(21)20-15-9-3-12(11-18)4-10-15/h3-10H,19H2,1-2H3,(H,20,21). The van der Waals surface area contributed by atoms with Crippen LogP contribution in [-0.4, -0.2) is 5.91 Å². The highest BCUT2D eigenvalue weighted by Crippen LogP contribution is 2.26. The van der Waals surface area contributed by atoms with E-state index in [4.69, 9.17) is 11.0 Å². The molecule has 0 saturated heterocycles. The molecule has 0 aliphatic carbocycles. The van der Waals surface area contributed by atoms with Gasteiger partial charge in [-0.25, -0.2) is 0 Å². The zero-order valence-electron chi connectivity index (χ0n) is 12.1. The van der Waals surface area contributed by atoms with Crippen LogP contribution in [0, 0.1) is 11.3 Å². The maximum atomic E-state index is 12.5. The number of carbonyl (C=O) groups is 1. The molecule has 3 N–H and O–H groups in total. The molecule has 0 spiro atoms. The quantitative estimate of drug-likeness (QED) is 0.847. The fourth-order valence-electron chi connectivity index (χ4n) is 1.95. The van der Waals surface area contributed by atoms with Crippen molar-refractivity contribution in [3.8, 4) is 6.07 Å². The number of nitrogens with zero attached hydrogens (tertiary/aromatic N) is 1. The average molecular weight is 279 g/mol. The molecule has 0 bridgehead atoms. The molecular weight excluding hydrogens is 262 g/mol. The first-order valence-electron chi connectivity index (χ1n) is 6.61. The zero-order valence-corrected chi connectivity index (χ0v) is 12.1. The number of nitriles is 1. The lowest BCUT2D eigenvalue weighted by Gasteiger charge is -2.24. The number of carbonyl (C=O) groups excluding carboxylic acids is 1. The van der Waals surface area contributed by atoms with Crippen LogP contribution in [-0.2, 0) is 10.2 Å². The molecule has 0 unspecified atom stereocenters. The molecule has 1 amide bonds. The van der Waals surface area contributed by atoms with Crippen LogP contribution in [0.4, 0.5) is 11.4 Å². The summed E-state index contributed by atoms with van der Waals surface area (Å²) in [4.78, 5) is 12.5. The topological polar surface area (TPSA) is 78.9 Å². The lowest BCUT2D eigenvalue weighted by atomic mass is 9.83. The van der Waals surface area contributed by atoms with Gasteiger partial charge in [0, 0.05) is 11.4 Å². The molecule has 0 fully saturated rings. The number of amides is 1. The van der Waals surface area contributed by atoms with E-state index < -0.39 is 5.41 Å². The van der Waals surface area contributed by atoms with E-state index in [-0.39, 0.29) is 5.91 Å². The van der Waals surface area contributed by atoms with Crippen molar-refractivity contribution in [2.75, 3.05) is 11.1 Å². The number of rotatable bonds is 3. The Morgan fingerprint density at radius 1 is 1.10 bits per heavy atom. The van der Waals surface area contributed by atoms with E-state index in [1.807, 2.05) is 32.0 Å². The van der Waals surface area contributed by atoms with Gasteiger partial charge >= 0.3 is 0 Å². The Labute approximate surface area is 124 Å². The summed E-state index contributed by atoms with van der Waals surface area (Å²) in [7, 11) is 0. The first kappa shape index (κ1) is 14.6. The summed E-state index contributed by atoms with van der Waals surface area (Å²) in [6, 6.07) is 16.1. The minimum absolute atomic E-state index is 0.114. The lowest BCUT2D eigenvalue weighted by Crippen LogP contribution is -2.34. The SMILES string of the molecule is CC(C)(C(=O)Nc1ccc(C#N)cc1)c1ccc(N)cc1. The molecule has 0 aromatic heterocycles. The van der Waals surface area contributed by atoms with Crippen LogP contribution in [0.5, 0.6) is 0 Å². The average Bonchev–Trinajstić information content (AvgIpc) is 2.48. The minimum Gasteiger partial charge on any atom is -0.399 e. The first-order valence-corrected chi connectivity index (χ1v) is 6.61. The molecule has 0 heterocycles. The van der Waals surface area contributed by atoms with Gasteiger partial charge in [0.15, 0.2) is 0 Å². The molecule has 0 aliphatic heterocycles. The molecule has 2 aromatic carbocycles. The van der Waals surface area contributed by atoms with Crippen LogP contribution >= 0.6 is 0 Å². The molecule has 0 aliphatic rings. The van der Waals surface area contributed by atoms with E-state index in [9.17, 15) is 4.79 Å². The van der Waals surface area contributed by atoms with E-state index in [1.165, 1.54) is 0 Å². The molecular formula is C17H17N3O. The highest BCUT2D eigenvalue weighted by atomic mass is 16.2. The number of nitrogens with two attached hydrogens (primary N) is 1. The van der Waals surface area contributed by atoms with Crippen LogP contribution < -0.4 is 11.1 Å². The Morgan fingerprint density at radius 3 is 2.19 bits per heavy atom. The van der Waals surface area contributed by atoms with E-state index >= 15 is 0 Å². The monoisotopic (exact) mass is 279 g/mol. The van der Waals surface area contributed by atoms with Crippen molar-refractivity contribution in [3.05, 3.63) is 59.7 Å². The third-order valence-electron chi connectivity index (χ3n) is 3.47. The second-order valence-electron chi connectivity index (χ2n) is 5.39. The normalized spacial score (nSPS) is 10.7. The van der Waals surface area contributed by atoms with Crippen LogP contribution in [0.2, 0.25) is 0 Å². The second-order valence-corrected chi connectivity index (χ2v) is 5.39. The Kier molecular flexibility index (Phi) is 3.95. The van der Waals surface area contributed by atoms with Crippen molar-refractivity contribution in [1.29, 1.82) is 5.26 Å². The molecule has 0 atom stereocenters. The van der Waals surface area contributed by atoms with Crippen LogP contribution in [0.1, 0.15) is 25.0 Å². The van der Waals surface area contributed by atoms with Gasteiger partial charge in [-0.1, -0.05) is 12.1 Å². The van der Waals surface area contributed by atoms with Gasteiger partial charge in [-0.2, -0.15) is 5.26 Å². The van der Waals surface area contributed by atoms with Crippen LogP contribution in [0.3, 0.4) is 0 Å². The number of nitrogens with one attached hydrogen (secondary N) is 1. The Balaban J connectivity index is 2.17. The molecule has 2 aromatic rings.